The molecule has 0 fully saturated rings. The Morgan fingerprint density at radius 2 is 1.81 bits per heavy atom. The van der Waals surface area contributed by atoms with Crippen LogP contribution < -0.4 is 15.8 Å². The number of nitriles is 1. The second kappa shape index (κ2) is 8.90. The van der Waals surface area contributed by atoms with Gasteiger partial charge in [-0.05, 0) is 29.3 Å². The lowest BCUT2D eigenvalue weighted by molar-refractivity contribution is -0.115. The lowest BCUT2D eigenvalue weighted by atomic mass is 10.1. The van der Waals surface area contributed by atoms with Gasteiger partial charge in [-0.25, -0.2) is 4.79 Å². The van der Waals surface area contributed by atoms with Gasteiger partial charge in [0.15, 0.2) is 5.75 Å². The number of carbonyl (C=O) groups excluding carboxylic acids is 2. The lowest BCUT2D eigenvalue weighted by Gasteiger charge is -2.11. The fraction of sp³-hybridized carbons (Fsp3) is 0.0556. The van der Waals surface area contributed by atoms with Gasteiger partial charge in [-0.3, -0.25) is 10.1 Å². The van der Waals surface area contributed by atoms with Crippen LogP contribution in [0.5, 0.6) is 5.75 Å². The Labute approximate surface area is 159 Å². The van der Waals surface area contributed by atoms with E-state index in [1.807, 2.05) is 35.6 Å². The molecule has 0 aliphatic rings. The minimum atomic E-state index is -1.06. The number of hydrogen-bond donors (Lipinski definition) is 2. The number of amides is 3. The lowest BCUT2D eigenvalue weighted by Crippen LogP contribution is -2.35. The molecule has 2 rings (SSSR count). The zero-order valence-electron chi connectivity index (χ0n) is 13.3. The first-order valence-corrected chi connectivity index (χ1v) is 8.04. The maximum Gasteiger partial charge on any atom is 0.319 e. The van der Waals surface area contributed by atoms with E-state index in [0.29, 0.717) is 5.56 Å². The summed E-state index contributed by atoms with van der Waals surface area (Å²) in [6.07, 6.45) is 1.23. The number of nitrogens with one attached hydrogen (secondary N) is 1. The molecule has 0 aromatic heterocycles. The zero-order valence-corrected chi connectivity index (χ0v) is 14.8. The van der Waals surface area contributed by atoms with Gasteiger partial charge in [0, 0.05) is 0 Å². The second-order valence-electron chi connectivity index (χ2n) is 5.08. The molecule has 0 aliphatic heterocycles. The number of halogens is 2. The highest BCUT2D eigenvalue weighted by molar-refractivity contribution is 6.37. The van der Waals surface area contributed by atoms with Crippen molar-refractivity contribution in [2.75, 3.05) is 0 Å². The Bertz CT molecular complexity index is 883. The zero-order chi connectivity index (χ0) is 19.1. The van der Waals surface area contributed by atoms with Crippen LogP contribution in [0.25, 0.3) is 6.08 Å². The van der Waals surface area contributed by atoms with Gasteiger partial charge in [0.2, 0.25) is 0 Å². The van der Waals surface area contributed by atoms with Gasteiger partial charge >= 0.3 is 6.03 Å². The van der Waals surface area contributed by atoms with Crippen LogP contribution in [0.3, 0.4) is 0 Å². The Balaban J connectivity index is 2.22. The Kier molecular flexibility index (Phi) is 6.61. The SMILES string of the molecule is N#C/C(=C/c1cc(Cl)c(OCc2ccccc2)c(Cl)c1)C(=O)NC(N)=O. The fourth-order valence-corrected chi connectivity index (χ4v) is 2.64. The second-order valence-corrected chi connectivity index (χ2v) is 5.89. The Morgan fingerprint density at radius 3 is 2.35 bits per heavy atom. The standard InChI is InChI=1S/C18H13Cl2N3O3/c19-14-7-12(6-13(9-21)17(24)23-18(22)25)8-15(20)16(14)26-10-11-4-2-1-3-5-11/h1-8H,10H2,(H3,22,23,24,25)/b13-6-. The van der Waals surface area contributed by atoms with Gasteiger partial charge in [0.05, 0.1) is 10.0 Å². The topological polar surface area (TPSA) is 105 Å². The molecule has 0 bridgehead atoms. The van der Waals surface area contributed by atoms with Crippen LogP contribution in [0.15, 0.2) is 48.0 Å². The molecule has 3 N–H and O–H groups in total. The summed E-state index contributed by atoms with van der Waals surface area (Å²) < 4.78 is 5.65. The first kappa shape index (κ1) is 19.3. The predicted octanol–water partition coefficient (Wildman–Crippen LogP) is 3.67. The molecule has 0 saturated heterocycles. The minimum Gasteiger partial charge on any atom is -0.486 e. The normalized spacial score (nSPS) is 10.7. The summed E-state index contributed by atoms with van der Waals surface area (Å²) in [6.45, 7) is 0.278. The van der Waals surface area contributed by atoms with E-state index >= 15 is 0 Å². The monoisotopic (exact) mass is 389 g/mol. The van der Waals surface area contributed by atoms with Crippen LogP contribution in [-0.2, 0) is 11.4 Å². The van der Waals surface area contributed by atoms with E-state index < -0.39 is 11.9 Å². The Morgan fingerprint density at radius 1 is 1.19 bits per heavy atom. The average Bonchev–Trinajstić information content (AvgIpc) is 2.59. The third-order valence-electron chi connectivity index (χ3n) is 3.16. The molecule has 8 heteroatoms. The summed E-state index contributed by atoms with van der Waals surface area (Å²) in [4.78, 5) is 22.4. The van der Waals surface area contributed by atoms with Crippen molar-refractivity contribution in [2.45, 2.75) is 6.61 Å². The molecule has 3 amide bonds. The number of imide groups is 1. The van der Waals surface area contributed by atoms with E-state index in [4.69, 9.17) is 38.9 Å². The molecular formula is C18H13Cl2N3O3. The number of nitrogens with zero attached hydrogens (tertiary/aromatic N) is 1. The van der Waals surface area contributed by atoms with Crippen molar-refractivity contribution in [3.63, 3.8) is 0 Å². The summed E-state index contributed by atoms with van der Waals surface area (Å²) in [7, 11) is 0. The molecule has 0 aliphatic carbocycles. The number of urea groups is 1. The quantitative estimate of drug-likeness (QED) is 0.600. The number of benzene rings is 2. The molecule has 0 spiro atoms. The van der Waals surface area contributed by atoms with Gasteiger partial charge < -0.3 is 10.5 Å². The van der Waals surface area contributed by atoms with Crippen LogP contribution in [0, 0.1) is 11.3 Å². The molecule has 2 aromatic carbocycles. The summed E-state index contributed by atoms with van der Waals surface area (Å²) in [5.41, 5.74) is 5.87. The average molecular weight is 390 g/mol. The van der Waals surface area contributed by atoms with Crippen LogP contribution in [-0.4, -0.2) is 11.9 Å². The third-order valence-corrected chi connectivity index (χ3v) is 3.72. The van der Waals surface area contributed by atoms with Gasteiger partial charge in [0.25, 0.3) is 5.91 Å². The molecule has 0 heterocycles. The number of nitrogens with two attached hydrogens (primary N) is 1. The van der Waals surface area contributed by atoms with Crippen molar-refractivity contribution in [1.82, 2.24) is 5.32 Å². The molecular weight excluding hydrogens is 377 g/mol. The van der Waals surface area contributed by atoms with Crippen LogP contribution in [0.4, 0.5) is 4.79 Å². The van der Waals surface area contributed by atoms with Gasteiger partial charge in [-0.15, -0.1) is 0 Å². The summed E-state index contributed by atoms with van der Waals surface area (Å²) in [5.74, 6) is -0.633. The predicted molar refractivity (Wildman–Crippen MR) is 98.6 cm³/mol. The first-order chi connectivity index (χ1) is 12.4. The molecule has 0 saturated carbocycles. The van der Waals surface area contributed by atoms with E-state index in [-0.39, 0.29) is 28.0 Å². The van der Waals surface area contributed by atoms with Crippen LogP contribution in [0.1, 0.15) is 11.1 Å². The van der Waals surface area contributed by atoms with E-state index in [2.05, 4.69) is 0 Å². The van der Waals surface area contributed by atoms with E-state index in [1.165, 1.54) is 18.2 Å². The van der Waals surface area contributed by atoms with Crippen molar-refractivity contribution >= 4 is 41.2 Å². The van der Waals surface area contributed by atoms with Gasteiger partial charge in [-0.2, -0.15) is 5.26 Å². The maximum absolute atomic E-state index is 11.7. The summed E-state index contributed by atoms with van der Waals surface area (Å²) in [6, 6.07) is 13.1. The van der Waals surface area contributed by atoms with E-state index in [0.717, 1.165) is 5.56 Å². The number of carbonyl (C=O) groups is 2. The van der Waals surface area contributed by atoms with Crippen molar-refractivity contribution < 1.29 is 14.3 Å². The number of ether oxygens (including phenoxy) is 1. The largest absolute Gasteiger partial charge is 0.486 e. The highest BCUT2D eigenvalue weighted by Crippen LogP contribution is 2.35. The summed E-state index contributed by atoms with van der Waals surface area (Å²) in [5, 5.41) is 11.3. The molecule has 0 atom stereocenters. The summed E-state index contributed by atoms with van der Waals surface area (Å²) >= 11 is 12.4. The van der Waals surface area contributed by atoms with Crippen molar-refractivity contribution in [1.29, 1.82) is 5.26 Å². The number of primary amides is 1. The molecule has 2 aromatic rings. The molecule has 132 valence electrons. The first-order valence-electron chi connectivity index (χ1n) is 7.29. The van der Waals surface area contributed by atoms with Gasteiger partial charge in [0.1, 0.15) is 18.2 Å². The van der Waals surface area contributed by atoms with Crippen molar-refractivity contribution in [2.24, 2.45) is 5.73 Å². The molecule has 26 heavy (non-hydrogen) atoms. The van der Waals surface area contributed by atoms with E-state index in [9.17, 15) is 9.59 Å². The minimum absolute atomic E-state index is 0.215. The molecule has 0 radical (unpaired) electrons. The van der Waals surface area contributed by atoms with Crippen molar-refractivity contribution in [3.8, 4) is 11.8 Å². The highest BCUT2D eigenvalue weighted by Gasteiger charge is 2.13. The maximum atomic E-state index is 11.7. The molecule has 6 nitrogen and oxygen atoms in total. The Hall–Kier alpha value is -3.01. The van der Waals surface area contributed by atoms with Crippen molar-refractivity contribution in [3.05, 3.63) is 69.2 Å². The number of hydrogen-bond acceptors (Lipinski definition) is 4. The van der Waals surface area contributed by atoms with Crippen LogP contribution in [0.2, 0.25) is 10.0 Å². The number of rotatable bonds is 5. The highest BCUT2D eigenvalue weighted by atomic mass is 35.5. The van der Waals surface area contributed by atoms with Gasteiger partial charge in [-0.1, -0.05) is 53.5 Å². The fourth-order valence-electron chi connectivity index (χ4n) is 2.02. The van der Waals surface area contributed by atoms with E-state index in [1.54, 1.807) is 6.07 Å². The third kappa shape index (κ3) is 5.24. The van der Waals surface area contributed by atoms with Crippen LogP contribution >= 0.6 is 23.2 Å². The molecule has 0 unspecified atom stereocenters. The smallest absolute Gasteiger partial charge is 0.319 e.